The van der Waals surface area contributed by atoms with Gasteiger partial charge < -0.3 is 15.0 Å². The normalized spacial score (nSPS) is 23.0. The minimum Gasteiger partial charge on any atom is -0.489 e. The lowest BCUT2D eigenvalue weighted by molar-refractivity contribution is -0.139. The van der Waals surface area contributed by atoms with E-state index in [4.69, 9.17) is 4.74 Å². The molecule has 0 spiro atoms. The Labute approximate surface area is 182 Å². The number of piperidine rings is 1. The molecule has 5 rings (SSSR count). The van der Waals surface area contributed by atoms with Gasteiger partial charge in [0.2, 0.25) is 5.95 Å². The third kappa shape index (κ3) is 4.28. The van der Waals surface area contributed by atoms with Crippen molar-refractivity contribution in [3.05, 3.63) is 36.4 Å². The fourth-order valence-corrected chi connectivity index (χ4v) is 4.74. The Bertz CT molecular complexity index is 1090. The van der Waals surface area contributed by atoms with Crippen molar-refractivity contribution in [3.63, 3.8) is 0 Å². The average Bonchev–Trinajstić information content (AvgIpc) is 3.24. The predicted molar refractivity (Wildman–Crippen MR) is 112 cm³/mol. The minimum atomic E-state index is -4.26. The van der Waals surface area contributed by atoms with Crippen LogP contribution >= 0.6 is 0 Å². The van der Waals surface area contributed by atoms with Crippen molar-refractivity contribution < 1.29 is 17.9 Å². The van der Waals surface area contributed by atoms with Gasteiger partial charge in [-0.2, -0.15) is 18.2 Å². The Morgan fingerprint density at radius 3 is 2.69 bits per heavy atom. The van der Waals surface area contributed by atoms with E-state index in [1.165, 1.54) is 4.52 Å². The molecule has 11 heteroatoms. The summed E-state index contributed by atoms with van der Waals surface area (Å²) in [5.74, 6) is 2.56. The number of aromatic nitrogens is 5. The van der Waals surface area contributed by atoms with Crippen molar-refractivity contribution in [2.75, 3.05) is 29.9 Å². The maximum Gasteiger partial charge on any atom is 0.392 e. The molecule has 1 saturated heterocycles. The molecular weight excluding hydrogens is 423 g/mol. The molecule has 0 amide bonds. The molecule has 1 aliphatic carbocycles. The molecule has 32 heavy (non-hydrogen) atoms. The first-order valence-electron chi connectivity index (χ1n) is 10.7. The number of aryl methyl sites for hydroxylation is 1. The number of hydrogen-bond acceptors (Lipinski definition) is 7. The smallest absolute Gasteiger partial charge is 0.392 e. The molecule has 1 N–H and O–H groups in total. The zero-order valence-corrected chi connectivity index (χ0v) is 17.6. The largest absolute Gasteiger partial charge is 0.489 e. The van der Waals surface area contributed by atoms with Gasteiger partial charge in [0.15, 0.2) is 11.4 Å². The van der Waals surface area contributed by atoms with Crippen LogP contribution in [0.5, 0.6) is 5.75 Å². The fourth-order valence-electron chi connectivity index (χ4n) is 4.74. The second-order valence-corrected chi connectivity index (χ2v) is 8.48. The fraction of sp³-hybridized carbons (Fsp3) is 0.524. The van der Waals surface area contributed by atoms with E-state index in [-0.39, 0.29) is 11.8 Å². The molecule has 2 unspecified atom stereocenters. The van der Waals surface area contributed by atoms with Crippen LogP contribution in [0, 0.1) is 18.8 Å². The molecule has 1 aliphatic heterocycles. The second kappa shape index (κ2) is 8.10. The summed E-state index contributed by atoms with van der Waals surface area (Å²) in [5, 5.41) is 7.95. The average molecular weight is 447 g/mol. The van der Waals surface area contributed by atoms with Crippen LogP contribution < -0.4 is 15.0 Å². The standard InChI is InChI=1S/C21H24F3N7O/c1-13-9-17(26-12-25-13)30-10-14-4-5-15(11-30)18(14)27-20-28-19-16(3-2-7-31(19)29-20)32-8-6-21(22,23)24/h2-3,7,9,12,14-15,18H,4-6,8,10-11H2,1H3,(H,27,29). The zero-order chi connectivity index (χ0) is 22.3. The van der Waals surface area contributed by atoms with Gasteiger partial charge in [-0.3, -0.25) is 0 Å². The van der Waals surface area contributed by atoms with Crippen molar-refractivity contribution in [1.29, 1.82) is 0 Å². The lowest BCUT2D eigenvalue weighted by atomic mass is 9.92. The van der Waals surface area contributed by atoms with Crippen molar-refractivity contribution >= 4 is 17.4 Å². The van der Waals surface area contributed by atoms with Crippen LogP contribution in [0.15, 0.2) is 30.7 Å². The number of halogens is 3. The number of alkyl halides is 3. The molecule has 3 aromatic heterocycles. The monoisotopic (exact) mass is 447 g/mol. The van der Waals surface area contributed by atoms with E-state index >= 15 is 0 Å². The highest BCUT2D eigenvalue weighted by atomic mass is 19.4. The van der Waals surface area contributed by atoms with Crippen molar-refractivity contribution in [1.82, 2.24) is 24.6 Å². The lowest BCUT2D eigenvalue weighted by Gasteiger charge is -2.38. The van der Waals surface area contributed by atoms with Gasteiger partial charge in [0.05, 0.1) is 13.0 Å². The summed E-state index contributed by atoms with van der Waals surface area (Å²) in [4.78, 5) is 15.4. The zero-order valence-electron chi connectivity index (χ0n) is 17.6. The van der Waals surface area contributed by atoms with Crippen LogP contribution in [0.2, 0.25) is 0 Å². The van der Waals surface area contributed by atoms with Gasteiger partial charge in [0.25, 0.3) is 0 Å². The Morgan fingerprint density at radius 1 is 1.19 bits per heavy atom. The van der Waals surface area contributed by atoms with E-state index in [1.54, 1.807) is 24.7 Å². The highest BCUT2D eigenvalue weighted by molar-refractivity contribution is 5.56. The summed E-state index contributed by atoms with van der Waals surface area (Å²) in [6.45, 7) is 3.29. The van der Waals surface area contributed by atoms with E-state index in [0.29, 0.717) is 23.4 Å². The van der Waals surface area contributed by atoms with E-state index in [1.807, 2.05) is 13.0 Å². The molecule has 1 saturated carbocycles. The summed E-state index contributed by atoms with van der Waals surface area (Å²) < 4.78 is 44.2. The highest BCUT2D eigenvalue weighted by Gasteiger charge is 2.43. The summed E-state index contributed by atoms with van der Waals surface area (Å²) in [5.41, 5.74) is 1.35. The first-order valence-corrected chi connectivity index (χ1v) is 10.7. The Kier molecular flexibility index (Phi) is 5.26. The van der Waals surface area contributed by atoms with Gasteiger partial charge in [-0.1, -0.05) is 0 Å². The first-order chi connectivity index (χ1) is 15.4. The number of pyridine rings is 1. The SMILES string of the molecule is Cc1cc(N2CC3CCC(C2)C3Nc2nc3c(OCCC(F)(F)F)cccn3n2)ncn1. The quantitative estimate of drug-likeness (QED) is 0.620. The second-order valence-electron chi connectivity index (χ2n) is 8.48. The van der Waals surface area contributed by atoms with Crippen LogP contribution in [0.1, 0.15) is 25.0 Å². The molecular formula is C21H24F3N7O. The summed E-state index contributed by atoms with van der Waals surface area (Å²) in [6.07, 6.45) is 0.264. The molecule has 2 aliphatic rings. The number of nitrogens with zero attached hydrogens (tertiary/aromatic N) is 6. The third-order valence-corrected chi connectivity index (χ3v) is 6.21. The van der Waals surface area contributed by atoms with E-state index in [9.17, 15) is 13.2 Å². The van der Waals surface area contributed by atoms with Gasteiger partial charge in [0.1, 0.15) is 12.1 Å². The summed E-state index contributed by atoms with van der Waals surface area (Å²) >= 11 is 0. The van der Waals surface area contributed by atoms with Gasteiger partial charge in [-0.15, -0.1) is 5.10 Å². The molecule has 0 aromatic carbocycles. The molecule has 8 nitrogen and oxygen atoms in total. The van der Waals surface area contributed by atoms with E-state index in [2.05, 4.69) is 30.3 Å². The first kappa shape index (κ1) is 20.8. The number of ether oxygens (including phenoxy) is 1. The third-order valence-electron chi connectivity index (χ3n) is 6.21. The van der Waals surface area contributed by atoms with Crippen LogP contribution in [0.25, 0.3) is 5.65 Å². The summed E-state index contributed by atoms with van der Waals surface area (Å²) in [6, 6.07) is 5.54. The van der Waals surface area contributed by atoms with Crippen molar-refractivity contribution in [2.45, 2.75) is 38.4 Å². The number of anilines is 2. The maximum atomic E-state index is 12.4. The van der Waals surface area contributed by atoms with Gasteiger partial charge in [0, 0.05) is 37.1 Å². The molecule has 3 aromatic rings. The number of hydrogen-bond donors (Lipinski definition) is 1. The van der Waals surface area contributed by atoms with Crippen molar-refractivity contribution in [2.24, 2.45) is 11.8 Å². The molecule has 2 bridgehead atoms. The molecule has 2 atom stereocenters. The molecule has 170 valence electrons. The maximum absolute atomic E-state index is 12.4. The van der Waals surface area contributed by atoms with Crippen LogP contribution in [0.4, 0.5) is 24.9 Å². The van der Waals surface area contributed by atoms with Crippen LogP contribution in [-0.4, -0.2) is 56.5 Å². The lowest BCUT2D eigenvalue weighted by Crippen LogP contribution is -2.48. The van der Waals surface area contributed by atoms with Gasteiger partial charge >= 0.3 is 6.18 Å². The topological polar surface area (TPSA) is 80.5 Å². The van der Waals surface area contributed by atoms with Crippen LogP contribution in [-0.2, 0) is 0 Å². The Morgan fingerprint density at radius 2 is 1.97 bits per heavy atom. The molecule has 2 fully saturated rings. The number of nitrogens with one attached hydrogen (secondary N) is 1. The van der Waals surface area contributed by atoms with Gasteiger partial charge in [-0.05, 0) is 43.7 Å². The van der Waals surface area contributed by atoms with Crippen LogP contribution in [0.3, 0.4) is 0 Å². The minimum absolute atomic E-state index is 0.237. The highest BCUT2D eigenvalue weighted by Crippen LogP contribution is 2.39. The van der Waals surface area contributed by atoms with Crippen molar-refractivity contribution in [3.8, 4) is 5.75 Å². The van der Waals surface area contributed by atoms with E-state index < -0.39 is 19.2 Å². The number of fused-ring (bicyclic) bond motifs is 3. The number of rotatable bonds is 6. The molecule has 0 radical (unpaired) electrons. The van der Waals surface area contributed by atoms with E-state index in [0.717, 1.165) is 37.4 Å². The Hall–Kier alpha value is -3.11. The Balaban J connectivity index is 1.28. The predicted octanol–water partition coefficient (Wildman–Crippen LogP) is 3.49. The summed E-state index contributed by atoms with van der Waals surface area (Å²) in [7, 11) is 0. The molecule has 4 heterocycles. The van der Waals surface area contributed by atoms with Gasteiger partial charge in [-0.25, -0.2) is 14.5 Å².